The lowest BCUT2D eigenvalue weighted by Crippen LogP contribution is -2.61. The van der Waals surface area contributed by atoms with Crippen molar-refractivity contribution in [2.45, 2.75) is 97.4 Å². The molecular formula is C36H51N3O6. The maximum atomic E-state index is 14.4. The molecule has 0 saturated carbocycles. The molecule has 0 spiro atoms. The van der Waals surface area contributed by atoms with Gasteiger partial charge in [0.05, 0.1) is 6.04 Å². The Labute approximate surface area is 268 Å². The zero-order valence-electron chi connectivity index (χ0n) is 28.5. The number of nitrogens with one attached hydrogen (secondary N) is 1. The van der Waals surface area contributed by atoms with Gasteiger partial charge < -0.3 is 20.1 Å². The van der Waals surface area contributed by atoms with Crippen LogP contribution >= 0.6 is 0 Å². The zero-order chi connectivity index (χ0) is 34.1. The predicted molar refractivity (Wildman–Crippen MR) is 177 cm³/mol. The van der Waals surface area contributed by atoms with Crippen molar-refractivity contribution < 1.29 is 29.0 Å². The van der Waals surface area contributed by atoms with Crippen LogP contribution in [0.1, 0.15) is 72.9 Å². The van der Waals surface area contributed by atoms with Gasteiger partial charge in [0.25, 0.3) is 0 Å². The number of carbonyl (C=O) groups excluding carboxylic acids is 3. The molecule has 2 rings (SSSR count). The number of hydrogen-bond acceptors (Lipinski definition) is 5. The Morgan fingerprint density at radius 2 is 1.42 bits per heavy atom. The van der Waals surface area contributed by atoms with Gasteiger partial charge in [-0.05, 0) is 57.6 Å². The van der Waals surface area contributed by atoms with Gasteiger partial charge in [0.2, 0.25) is 11.8 Å². The maximum Gasteiger partial charge on any atom is 0.410 e. The number of rotatable bonds is 13. The molecule has 0 bridgehead atoms. The molecule has 3 amide bonds. The number of hydrogen-bond donors (Lipinski definition) is 2. The summed E-state index contributed by atoms with van der Waals surface area (Å²) in [6.45, 7) is 14.4. The number of carboxylic acid groups (broad SMARTS) is 1. The molecular weight excluding hydrogens is 570 g/mol. The minimum atomic E-state index is -1.06. The third kappa shape index (κ3) is 10.5. The van der Waals surface area contributed by atoms with Crippen molar-refractivity contribution in [3.63, 3.8) is 0 Å². The fourth-order valence-electron chi connectivity index (χ4n) is 5.39. The van der Waals surface area contributed by atoms with Gasteiger partial charge in [-0.15, -0.1) is 0 Å². The highest BCUT2D eigenvalue weighted by atomic mass is 16.6. The molecule has 0 aliphatic carbocycles. The number of ether oxygens (including phenoxy) is 1. The summed E-state index contributed by atoms with van der Waals surface area (Å²) in [6, 6.07) is 16.6. The number of aryl methyl sites for hydroxylation is 1. The number of carbonyl (C=O) groups is 4. The van der Waals surface area contributed by atoms with E-state index in [0.29, 0.717) is 12.8 Å². The van der Waals surface area contributed by atoms with Crippen molar-refractivity contribution in [1.29, 1.82) is 0 Å². The third-order valence-electron chi connectivity index (χ3n) is 7.93. The molecule has 246 valence electrons. The lowest BCUT2D eigenvalue weighted by molar-refractivity contribution is -0.139. The molecule has 2 aromatic carbocycles. The third-order valence-corrected chi connectivity index (χ3v) is 7.93. The molecule has 0 radical (unpaired) electrons. The van der Waals surface area contributed by atoms with Crippen molar-refractivity contribution >= 4 is 23.9 Å². The maximum absolute atomic E-state index is 14.4. The predicted octanol–water partition coefficient (Wildman–Crippen LogP) is 5.83. The number of amides is 3. The summed E-state index contributed by atoms with van der Waals surface area (Å²) in [5.41, 5.74) is 0.299. The number of aliphatic carboxylic acids is 1. The van der Waals surface area contributed by atoms with Crippen LogP contribution in [0.5, 0.6) is 0 Å². The van der Waals surface area contributed by atoms with E-state index in [1.807, 2.05) is 88.4 Å². The van der Waals surface area contributed by atoms with Crippen LogP contribution in [0.2, 0.25) is 0 Å². The van der Waals surface area contributed by atoms with Gasteiger partial charge in [-0.25, -0.2) is 9.59 Å². The standard InChI is InChI=1S/C36H51N3O6/c1-24(2)29(23-25(3)33(42)43)38(9)32(41)28(22-21-26-17-13-11-14-18-26)37-31(40)30(39(10)34(44)45-35(4,5)6)36(7,8)27-19-15-12-16-20-27/h11-20,23-24,28-30H,21-22H2,1-10H3,(H,37,40)(H,42,43)/b25-23+/t28-,29+,30+/m0/s1. The molecule has 9 heteroatoms. The van der Waals surface area contributed by atoms with Gasteiger partial charge in [0.1, 0.15) is 17.7 Å². The first-order valence-electron chi connectivity index (χ1n) is 15.4. The van der Waals surface area contributed by atoms with Crippen LogP contribution in [0.4, 0.5) is 4.79 Å². The van der Waals surface area contributed by atoms with E-state index in [-0.39, 0.29) is 17.4 Å². The molecule has 45 heavy (non-hydrogen) atoms. The molecule has 2 N–H and O–H groups in total. The first kappa shape index (κ1) is 37.0. The summed E-state index contributed by atoms with van der Waals surface area (Å²) in [5, 5.41) is 12.5. The molecule has 0 unspecified atom stereocenters. The van der Waals surface area contributed by atoms with Crippen molar-refractivity contribution in [2.75, 3.05) is 14.1 Å². The van der Waals surface area contributed by atoms with E-state index in [1.54, 1.807) is 33.9 Å². The first-order chi connectivity index (χ1) is 20.9. The number of likely N-dealkylation sites (N-methyl/N-ethyl adjacent to an activating group) is 2. The van der Waals surface area contributed by atoms with Crippen LogP contribution in [-0.2, 0) is 31.0 Å². The van der Waals surface area contributed by atoms with E-state index in [9.17, 15) is 24.3 Å². The van der Waals surface area contributed by atoms with Gasteiger partial charge >= 0.3 is 12.1 Å². The number of carboxylic acids is 1. The normalized spacial score (nSPS) is 14.2. The largest absolute Gasteiger partial charge is 0.478 e. The van der Waals surface area contributed by atoms with Crippen LogP contribution in [-0.4, -0.2) is 76.6 Å². The van der Waals surface area contributed by atoms with E-state index < -0.39 is 47.1 Å². The Morgan fingerprint density at radius 3 is 1.91 bits per heavy atom. The summed E-state index contributed by atoms with van der Waals surface area (Å²) in [7, 11) is 3.16. The van der Waals surface area contributed by atoms with Crippen molar-refractivity contribution in [1.82, 2.24) is 15.1 Å². The fourth-order valence-corrected chi connectivity index (χ4v) is 5.39. The second-order valence-electron chi connectivity index (χ2n) is 13.5. The molecule has 0 aromatic heterocycles. The van der Waals surface area contributed by atoms with Gasteiger partial charge in [-0.1, -0.05) is 94.4 Å². The summed E-state index contributed by atoms with van der Waals surface area (Å²) in [5.74, 6) is -2.02. The fraction of sp³-hybridized carbons (Fsp3) is 0.500. The van der Waals surface area contributed by atoms with Gasteiger partial charge in [-0.3, -0.25) is 14.5 Å². The van der Waals surface area contributed by atoms with Crippen molar-refractivity contribution in [3.8, 4) is 0 Å². The minimum absolute atomic E-state index is 0.0956. The van der Waals surface area contributed by atoms with Gasteiger partial charge in [0.15, 0.2) is 0 Å². The van der Waals surface area contributed by atoms with Crippen LogP contribution in [0.25, 0.3) is 0 Å². The minimum Gasteiger partial charge on any atom is -0.478 e. The Kier molecular flexibility index (Phi) is 13.0. The molecule has 0 heterocycles. The molecule has 0 aliphatic heterocycles. The van der Waals surface area contributed by atoms with Crippen molar-refractivity contribution in [2.24, 2.45) is 5.92 Å². The smallest absolute Gasteiger partial charge is 0.410 e. The molecule has 3 atom stereocenters. The monoisotopic (exact) mass is 621 g/mol. The molecule has 0 saturated heterocycles. The average Bonchev–Trinajstić information content (AvgIpc) is 2.96. The van der Waals surface area contributed by atoms with E-state index >= 15 is 0 Å². The van der Waals surface area contributed by atoms with E-state index in [1.165, 1.54) is 23.8 Å². The lowest BCUT2D eigenvalue weighted by atomic mass is 9.76. The van der Waals surface area contributed by atoms with E-state index in [2.05, 4.69) is 5.32 Å². The van der Waals surface area contributed by atoms with E-state index in [4.69, 9.17) is 4.74 Å². The molecule has 0 aliphatic rings. The summed E-state index contributed by atoms with van der Waals surface area (Å²) >= 11 is 0. The lowest BCUT2D eigenvalue weighted by Gasteiger charge is -2.41. The summed E-state index contributed by atoms with van der Waals surface area (Å²) in [6.07, 6.45) is 1.71. The number of benzene rings is 2. The highest BCUT2D eigenvalue weighted by Gasteiger charge is 2.44. The summed E-state index contributed by atoms with van der Waals surface area (Å²) in [4.78, 5) is 56.3. The second-order valence-corrected chi connectivity index (χ2v) is 13.5. The van der Waals surface area contributed by atoms with Crippen LogP contribution in [0.3, 0.4) is 0 Å². The van der Waals surface area contributed by atoms with Crippen LogP contribution in [0, 0.1) is 5.92 Å². The molecule has 2 aromatic rings. The number of nitrogens with zero attached hydrogens (tertiary/aromatic N) is 2. The van der Waals surface area contributed by atoms with Gasteiger partial charge in [0, 0.05) is 25.1 Å². The molecule has 9 nitrogen and oxygen atoms in total. The zero-order valence-corrected chi connectivity index (χ0v) is 28.5. The SMILES string of the molecule is C/C(=C\[C@H](C(C)C)N(C)C(=O)[C@H](CCc1ccccc1)NC(=O)[C@@H](N(C)C(=O)OC(C)(C)C)C(C)(C)c1ccccc1)C(=O)O. The second kappa shape index (κ2) is 15.7. The van der Waals surface area contributed by atoms with Crippen LogP contribution in [0.15, 0.2) is 72.3 Å². The van der Waals surface area contributed by atoms with Gasteiger partial charge in [-0.2, -0.15) is 0 Å². The Hall–Kier alpha value is -4.14. The Bertz CT molecular complexity index is 1330. The Morgan fingerprint density at radius 1 is 0.889 bits per heavy atom. The molecule has 0 fully saturated rings. The highest BCUT2D eigenvalue weighted by Crippen LogP contribution is 2.31. The Balaban J connectivity index is 2.56. The van der Waals surface area contributed by atoms with E-state index in [0.717, 1.165) is 11.1 Å². The first-order valence-corrected chi connectivity index (χ1v) is 15.4. The highest BCUT2D eigenvalue weighted by molar-refractivity contribution is 5.92. The van der Waals surface area contributed by atoms with Crippen LogP contribution < -0.4 is 5.32 Å². The summed E-state index contributed by atoms with van der Waals surface area (Å²) < 4.78 is 5.65. The average molecular weight is 622 g/mol. The topological polar surface area (TPSA) is 116 Å². The quantitative estimate of drug-likeness (QED) is 0.272. The van der Waals surface area contributed by atoms with Crippen molar-refractivity contribution in [3.05, 3.63) is 83.4 Å².